The lowest BCUT2D eigenvalue weighted by Crippen LogP contribution is -2.40. The SMILES string of the molecule is C#CCOc1ccc(/C=c2\sc3n(c2=O)[C@@H](c2ccc(Cl)cc2)C(C(=O)OCC)=C(c2ccccc2)N=3)cc1. The van der Waals surface area contributed by atoms with Crippen LogP contribution in [0.25, 0.3) is 11.8 Å². The zero-order valence-corrected chi connectivity index (χ0v) is 22.5. The van der Waals surface area contributed by atoms with E-state index in [1.807, 2.05) is 54.6 Å². The van der Waals surface area contributed by atoms with Gasteiger partial charge >= 0.3 is 5.97 Å². The van der Waals surface area contributed by atoms with Gasteiger partial charge in [0.05, 0.1) is 28.5 Å². The number of hydrogen-bond acceptors (Lipinski definition) is 6. The Bertz CT molecular complexity index is 1760. The second-order valence-corrected chi connectivity index (χ2v) is 9.99. The molecule has 0 spiro atoms. The Hall–Kier alpha value is -4.38. The van der Waals surface area contributed by atoms with Gasteiger partial charge in [-0.3, -0.25) is 9.36 Å². The van der Waals surface area contributed by atoms with E-state index in [0.29, 0.717) is 36.9 Å². The largest absolute Gasteiger partial charge is 0.481 e. The number of thiazole rings is 1. The first-order valence-electron chi connectivity index (χ1n) is 12.2. The molecular weight excluding hydrogens is 532 g/mol. The summed E-state index contributed by atoms with van der Waals surface area (Å²) in [6.07, 6.45) is 7.06. The molecule has 1 aliphatic rings. The summed E-state index contributed by atoms with van der Waals surface area (Å²) in [6.45, 7) is 2.11. The number of nitrogens with zero attached hydrogens (tertiary/aromatic N) is 2. The van der Waals surface area contributed by atoms with Gasteiger partial charge in [0.2, 0.25) is 0 Å². The summed E-state index contributed by atoms with van der Waals surface area (Å²) in [5.41, 5.74) is 2.77. The molecule has 194 valence electrons. The zero-order chi connectivity index (χ0) is 27.4. The molecule has 1 aromatic heterocycles. The van der Waals surface area contributed by atoms with E-state index in [2.05, 4.69) is 5.92 Å². The lowest BCUT2D eigenvalue weighted by atomic mass is 9.93. The van der Waals surface area contributed by atoms with Gasteiger partial charge in [-0.15, -0.1) is 6.42 Å². The molecule has 2 heterocycles. The molecule has 0 saturated heterocycles. The molecular formula is C31H23ClN2O4S. The van der Waals surface area contributed by atoms with E-state index < -0.39 is 12.0 Å². The molecule has 0 unspecified atom stereocenters. The van der Waals surface area contributed by atoms with E-state index in [-0.39, 0.29) is 18.8 Å². The first kappa shape index (κ1) is 26.2. The summed E-state index contributed by atoms with van der Waals surface area (Å²) in [5, 5.41) is 0.547. The minimum atomic E-state index is -0.755. The molecule has 0 aliphatic carbocycles. The smallest absolute Gasteiger partial charge is 0.338 e. The normalized spacial score (nSPS) is 14.8. The molecule has 0 saturated carbocycles. The standard InChI is InChI=1S/C31H23ClN2O4S/c1-3-18-38-24-16-10-20(11-17-24)19-25-29(35)34-28(22-12-14-23(32)15-13-22)26(30(36)37-4-2)27(33-31(34)39-25)21-8-6-5-7-9-21/h1,5-17,19,28H,4,18H2,2H3/b25-19-/t28-/m0/s1. The highest BCUT2D eigenvalue weighted by molar-refractivity contribution is 7.07. The number of benzene rings is 3. The minimum Gasteiger partial charge on any atom is -0.481 e. The van der Waals surface area contributed by atoms with E-state index in [0.717, 1.165) is 11.1 Å². The van der Waals surface area contributed by atoms with Gasteiger partial charge in [-0.2, -0.15) is 0 Å². The van der Waals surface area contributed by atoms with Crippen molar-refractivity contribution in [2.75, 3.05) is 13.2 Å². The van der Waals surface area contributed by atoms with Gasteiger partial charge in [0.1, 0.15) is 12.4 Å². The van der Waals surface area contributed by atoms with Crippen LogP contribution >= 0.6 is 22.9 Å². The van der Waals surface area contributed by atoms with Crippen LogP contribution in [0.1, 0.15) is 29.7 Å². The lowest BCUT2D eigenvalue weighted by molar-refractivity contribution is -0.138. The number of hydrogen-bond donors (Lipinski definition) is 0. The first-order valence-corrected chi connectivity index (χ1v) is 13.4. The van der Waals surface area contributed by atoms with Crippen LogP contribution in [0.4, 0.5) is 0 Å². The minimum absolute atomic E-state index is 0.176. The number of esters is 1. The number of carbonyl (C=O) groups is 1. The van der Waals surface area contributed by atoms with E-state index in [1.54, 1.807) is 41.8 Å². The molecule has 0 bridgehead atoms. The maximum atomic E-state index is 13.9. The Morgan fingerprint density at radius 1 is 1.10 bits per heavy atom. The van der Waals surface area contributed by atoms with Crippen LogP contribution in [0.15, 0.2) is 94.2 Å². The van der Waals surface area contributed by atoms with Crippen LogP contribution in [0, 0.1) is 12.3 Å². The highest BCUT2D eigenvalue weighted by Gasteiger charge is 2.35. The molecule has 0 fully saturated rings. The van der Waals surface area contributed by atoms with Gasteiger partial charge in [-0.05, 0) is 48.4 Å². The molecule has 0 radical (unpaired) electrons. The third-order valence-corrected chi connectivity index (χ3v) is 7.29. The van der Waals surface area contributed by atoms with Crippen molar-refractivity contribution in [3.8, 4) is 18.1 Å². The Labute approximate surface area is 234 Å². The average Bonchev–Trinajstić information content (AvgIpc) is 3.27. The molecule has 1 aliphatic heterocycles. The predicted molar refractivity (Wildman–Crippen MR) is 153 cm³/mol. The molecule has 39 heavy (non-hydrogen) atoms. The monoisotopic (exact) mass is 554 g/mol. The molecule has 3 aromatic carbocycles. The fourth-order valence-electron chi connectivity index (χ4n) is 4.34. The second kappa shape index (κ2) is 11.6. The van der Waals surface area contributed by atoms with E-state index >= 15 is 0 Å². The Morgan fingerprint density at radius 3 is 2.49 bits per heavy atom. The number of fused-ring (bicyclic) bond motifs is 1. The highest BCUT2D eigenvalue weighted by atomic mass is 35.5. The van der Waals surface area contributed by atoms with Crippen LogP contribution in [-0.2, 0) is 9.53 Å². The Morgan fingerprint density at radius 2 is 1.82 bits per heavy atom. The van der Waals surface area contributed by atoms with Crippen molar-refractivity contribution in [1.29, 1.82) is 0 Å². The van der Waals surface area contributed by atoms with Crippen LogP contribution in [-0.4, -0.2) is 23.8 Å². The fraction of sp³-hybridized carbons (Fsp3) is 0.129. The quantitative estimate of drug-likeness (QED) is 0.247. The van der Waals surface area contributed by atoms with Crippen LogP contribution in [0.3, 0.4) is 0 Å². The average molecular weight is 555 g/mol. The number of halogens is 1. The maximum Gasteiger partial charge on any atom is 0.338 e. The van der Waals surface area contributed by atoms with Gasteiger partial charge < -0.3 is 9.47 Å². The number of rotatable bonds is 7. The van der Waals surface area contributed by atoms with Crippen molar-refractivity contribution in [2.24, 2.45) is 4.99 Å². The molecule has 4 aromatic rings. The van der Waals surface area contributed by atoms with Gasteiger partial charge in [0, 0.05) is 10.6 Å². The van der Waals surface area contributed by atoms with Crippen molar-refractivity contribution in [2.45, 2.75) is 13.0 Å². The molecule has 6 nitrogen and oxygen atoms in total. The van der Waals surface area contributed by atoms with Crippen molar-refractivity contribution in [3.05, 3.63) is 126 Å². The van der Waals surface area contributed by atoms with Gasteiger partial charge in [0.25, 0.3) is 5.56 Å². The van der Waals surface area contributed by atoms with Crippen molar-refractivity contribution < 1.29 is 14.3 Å². The lowest BCUT2D eigenvalue weighted by Gasteiger charge is -2.25. The Balaban J connectivity index is 1.73. The van der Waals surface area contributed by atoms with E-state index in [1.165, 1.54) is 11.3 Å². The van der Waals surface area contributed by atoms with Gasteiger partial charge in [0.15, 0.2) is 4.80 Å². The maximum absolute atomic E-state index is 13.9. The summed E-state index contributed by atoms with van der Waals surface area (Å²) in [6, 6.07) is 23.0. The predicted octanol–water partition coefficient (Wildman–Crippen LogP) is 4.60. The summed E-state index contributed by atoms with van der Waals surface area (Å²) in [5.74, 6) is 2.54. The van der Waals surface area contributed by atoms with Crippen LogP contribution in [0.2, 0.25) is 5.02 Å². The summed E-state index contributed by atoms with van der Waals surface area (Å²) >= 11 is 7.44. The third kappa shape index (κ3) is 5.44. The molecule has 0 N–H and O–H groups in total. The molecule has 8 heteroatoms. The highest BCUT2D eigenvalue weighted by Crippen LogP contribution is 2.35. The Kier molecular flexibility index (Phi) is 7.78. The van der Waals surface area contributed by atoms with Crippen molar-refractivity contribution in [1.82, 2.24) is 4.57 Å². The summed E-state index contributed by atoms with van der Waals surface area (Å²) in [4.78, 5) is 32.6. The van der Waals surface area contributed by atoms with Crippen LogP contribution < -0.4 is 19.6 Å². The first-order chi connectivity index (χ1) is 19.0. The topological polar surface area (TPSA) is 69.9 Å². The van der Waals surface area contributed by atoms with E-state index in [4.69, 9.17) is 32.5 Å². The molecule has 1 atom stereocenters. The van der Waals surface area contributed by atoms with E-state index in [9.17, 15) is 9.59 Å². The molecule has 5 rings (SSSR count). The fourth-order valence-corrected chi connectivity index (χ4v) is 5.46. The zero-order valence-electron chi connectivity index (χ0n) is 21.0. The van der Waals surface area contributed by atoms with Gasteiger partial charge in [-0.1, -0.05) is 83.5 Å². The van der Waals surface area contributed by atoms with Gasteiger partial charge in [-0.25, -0.2) is 9.79 Å². The summed E-state index contributed by atoms with van der Waals surface area (Å²) in [7, 11) is 0. The number of carbonyl (C=O) groups excluding carboxylic acids is 1. The third-order valence-electron chi connectivity index (χ3n) is 6.06. The number of terminal acetylenes is 1. The molecule has 0 amide bonds. The van der Waals surface area contributed by atoms with Crippen LogP contribution in [0.5, 0.6) is 5.75 Å². The second-order valence-electron chi connectivity index (χ2n) is 8.54. The summed E-state index contributed by atoms with van der Waals surface area (Å²) < 4.78 is 13.0. The number of aromatic nitrogens is 1. The van der Waals surface area contributed by atoms with Crippen molar-refractivity contribution in [3.63, 3.8) is 0 Å². The number of ether oxygens (including phenoxy) is 2. The van der Waals surface area contributed by atoms with Crippen molar-refractivity contribution >= 4 is 40.7 Å².